The fourth-order valence-electron chi connectivity index (χ4n) is 1.85. The largest absolute Gasteiger partial charge is 0.477 e. The first kappa shape index (κ1) is 13.3. The summed E-state index contributed by atoms with van der Waals surface area (Å²) in [7, 11) is 0. The monoisotopic (exact) mass is 298 g/mol. The number of carbonyl (C=O) groups is 1. The molecule has 1 N–H and O–H groups in total. The molecule has 0 spiro atoms. The van der Waals surface area contributed by atoms with Crippen LogP contribution in [0.5, 0.6) is 0 Å². The molecule has 6 heteroatoms. The average Bonchev–Trinajstić information content (AvgIpc) is 2.91. The number of carboxylic acids is 1. The van der Waals surface area contributed by atoms with Gasteiger partial charge in [-0.2, -0.15) is 0 Å². The molecule has 0 aliphatic rings. The van der Waals surface area contributed by atoms with E-state index in [4.69, 9.17) is 5.11 Å². The number of rotatable bonds is 3. The van der Waals surface area contributed by atoms with Crippen LogP contribution < -0.4 is 5.56 Å². The third-order valence-corrected chi connectivity index (χ3v) is 3.81. The molecule has 0 atom stereocenters. The highest BCUT2D eigenvalue weighted by Crippen LogP contribution is 2.15. The van der Waals surface area contributed by atoms with E-state index in [2.05, 4.69) is 4.98 Å². The maximum Gasteiger partial charge on any atom is 0.347 e. The lowest BCUT2D eigenvalue weighted by atomic mass is 10.2. The molecular weight excluding hydrogens is 288 g/mol. The van der Waals surface area contributed by atoms with Gasteiger partial charge in [-0.25, -0.2) is 9.78 Å². The minimum absolute atomic E-state index is 0.0868. The molecule has 0 radical (unpaired) electrons. The number of aromatic nitrogens is 2. The lowest BCUT2D eigenvalue weighted by Gasteiger charge is -1.95. The number of aromatic carboxylic acids is 1. The van der Waals surface area contributed by atoms with Gasteiger partial charge in [0.1, 0.15) is 4.88 Å². The molecule has 0 aliphatic carbocycles. The predicted molar refractivity (Wildman–Crippen MR) is 81.7 cm³/mol. The fraction of sp³-hybridized carbons (Fsp3) is 0. The molecule has 21 heavy (non-hydrogen) atoms. The zero-order valence-electron chi connectivity index (χ0n) is 10.8. The summed E-state index contributed by atoms with van der Waals surface area (Å²) in [4.78, 5) is 27.6. The first-order valence-corrected chi connectivity index (χ1v) is 6.95. The van der Waals surface area contributed by atoms with Crippen molar-refractivity contribution in [3.63, 3.8) is 0 Å². The third kappa shape index (κ3) is 2.75. The van der Waals surface area contributed by atoms with Gasteiger partial charge < -0.3 is 5.11 Å². The van der Waals surface area contributed by atoms with Crippen molar-refractivity contribution >= 4 is 34.4 Å². The molecule has 104 valence electrons. The topological polar surface area (TPSA) is 71.7 Å². The summed E-state index contributed by atoms with van der Waals surface area (Å²) in [6.45, 7) is 0. The van der Waals surface area contributed by atoms with Crippen LogP contribution in [0, 0.1) is 0 Å². The molecule has 0 fully saturated rings. The maximum absolute atomic E-state index is 11.9. The highest BCUT2D eigenvalue weighted by atomic mass is 32.1. The Labute approximate surface area is 123 Å². The van der Waals surface area contributed by atoms with Crippen molar-refractivity contribution in [2.24, 2.45) is 0 Å². The molecule has 0 unspecified atom stereocenters. The van der Waals surface area contributed by atoms with E-state index < -0.39 is 5.97 Å². The predicted octanol–water partition coefficient (Wildman–Crippen LogP) is 2.62. The van der Waals surface area contributed by atoms with Gasteiger partial charge in [0.25, 0.3) is 5.56 Å². The summed E-state index contributed by atoms with van der Waals surface area (Å²) >= 11 is 0.974. The van der Waals surface area contributed by atoms with E-state index in [9.17, 15) is 9.59 Å². The van der Waals surface area contributed by atoms with Crippen molar-refractivity contribution in [1.29, 1.82) is 0 Å². The summed E-state index contributed by atoms with van der Waals surface area (Å²) in [5.41, 5.74) is 1.20. The molecule has 0 bridgehead atoms. The van der Waals surface area contributed by atoms with Crippen LogP contribution in [-0.4, -0.2) is 20.5 Å². The van der Waals surface area contributed by atoms with Gasteiger partial charge in [0.2, 0.25) is 0 Å². The molecule has 0 saturated heterocycles. The Morgan fingerprint density at radius 3 is 2.71 bits per heavy atom. The molecule has 3 rings (SSSR count). The van der Waals surface area contributed by atoms with Crippen LogP contribution in [-0.2, 0) is 0 Å². The van der Waals surface area contributed by atoms with E-state index in [0.29, 0.717) is 10.7 Å². The number of carboxylic acid groups (broad SMARTS) is 1. The van der Waals surface area contributed by atoms with Crippen LogP contribution in [0.2, 0.25) is 0 Å². The van der Waals surface area contributed by atoms with Gasteiger partial charge in [0.15, 0.2) is 4.96 Å². The number of nitrogens with zero attached hydrogens (tertiary/aromatic N) is 2. The molecule has 2 aromatic heterocycles. The number of fused-ring (bicyclic) bond motifs is 1. The molecule has 2 heterocycles. The van der Waals surface area contributed by atoms with Crippen molar-refractivity contribution in [2.75, 3.05) is 0 Å². The van der Waals surface area contributed by atoms with Crippen LogP contribution in [0.4, 0.5) is 0 Å². The Balaban J connectivity index is 2.02. The minimum Gasteiger partial charge on any atom is -0.477 e. The second-order valence-corrected chi connectivity index (χ2v) is 5.33. The molecule has 0 amide bonds. The van der Waals surface area contributed by atoms with Crippen molar-refractivity contribution in [3.8, 4) is 0 Å². The third-order valence-electron chi connectivity index (χ3n) is 2.84. The Bertz CT molecular complexity index is 894. The maximum atomic E-state index is 11.9. The smallest absolute Gasteiger partial charge is 0.347 e. The van der Waals surface area contributed by atoms with E-state index in [1.54, 1.807) is 6.08 Å². The number of thiazole rings is 1. The molecule has 0 saturated carbocycles. The molecule has 1 aromatic carbocycles. The summed E-state index contributed by atoms with van der Waals surface area (Å²) in [6.07, 6.45) is 4.88. The van der Waals surface area contributed by atoms with E-state index in [0.717, 1.165) is 16.9 Å². The molecule has 5 nitrogen and oxygen atoms in total. The lowest BCUT2D eigenvalue weighted by Crippen LogP contribution is -2.11. The van der Waals surface area contributed by atoms with Gasteiger partial charge >= 0.3 is 5.97 Å². The molecule has 0 aliphatic heterocycles. The van der Waals surface area contributed by atoms with Crippen molar-refractivity contribution < 1.29 is 9.90 Å². The van der Waals surface area contributed by atoms with Crippen LogP contribution >= 0.6 is 11.3 Å². The fourth-order valence-corrected chi connectivity index (χ4v) is 2.68. The van der Waals surface area contributed by atoms with Gasteiger partial charge in [-0.15, -0.1) is 0 Å². The number of benzene rings is 1. The van der Waals surface area contributed by atoms with Crippen LogP contribution in [0.3, 0.4) is 0 Å². The number of hydrogen-bond acceptors (Lipinski definition) is 4. The van der Waals surface area contributed by atoms with Gasteiger partial charge in [-0.1, -0.05) is 47.7 Å². The second kappa shape index (κ2) is 5.34. The normalized spacial score (nSPS) is 11.2. The van der Waals surface area contributed by atoms with Gasteiger partial charge in [-0.3, -0.25) is 9.20 Å². The average molecular weight is 298 g/mol. The molecular formula is C15H10N2O3S. The highest BCUT2D eigenvalue weighted by molar-refractivity contribution is 7.18. The van der Waals surface area contributed by atoms with Crippen molar-refractivity contribution in [2.45, 2.75) is 0 Å². The lowest BCUT2D eigenvalue weighted by molar-refractivity contribution is 0.0702. The van der Waals surface area contributed by atoms with Gasteiger partial charge in [0.05, 0.1) is 5.69 Å². The van der Waals surface area contributed by atoms with Crippen LogP contribution in [0.15, 0.2) is 47.4 Å². The first-order valence-electron chi connectivity index (χ1n) is 6.13. The first-order chi connectivity index (χ1) is 10.1. The highest BCUT2D eigenvalue weighted by Gasteiger charge is 2.10. The number of hydrogen-bond donors (Lipinski definition) is 1. The van der Waals surface area contributed by atoms with E-state index >= 15 is 0 Å². The zero-order valence-corrected chi connectivity index (χ0v) is 11.6. The molecule has 3 aromatic rings. The van der Waals surface area contributed by atoms with Crippen molar-refractivity contribution in [3.05, 3.63) is 69.1 Å². The summed E-state index contributed by atoms with van der Waals surface area (Å²) in [6, 6.07) is 11.0. The van der Waals surface area contributed by atoms with Crippen LogP contribution in [0.1, 0.15) is 20.9 Å². The summed E-state index contributed by atoms with van der Waals surface area (Å²) in [5.74, 6) is -1.06. The van der Waals surface area contributed by atoms with E-state index in [-0.39, 0.29) is 10.4 Å². The van der Waals surface area contributed by atoms with Gasteiger partial charge in [-0.05, 0) is 11.6 Å². The quantitative estimate of drug-likeness (QED) is 0.807. The minimum atomic E-state index is -1.06. The van der Waals surface area contributed by atoms with Crippen LogP contribution in [0.25, 0.3) is 17.1 Å². The Morgan fingerprint density at radius 2 is 2.00 bits per heavy atom. The summed E-state index contributed by atoms with van der Waals surface area (Å²) in [5, 5.41) is 8.95. The van der Waals surface area contributed by atoms with E-state index in [1.807, 2.05) is 36.4 Å². The summed E-state index contributed by atoms with van der Waals surface area (Å²) < 4.78 is 1.24. The Morgan fingerprint density at radius 1 is 1.24 bits per heavy atom. The van der Waals surface area contributed by atoms with Crippen molar-refractivity contribution in [1.82, 2.24) is 9.38 Å². The van der Waals surface area contributed by atoms with E-state index in [1.165, 1.54) is 16.7 Å². The SMILES string of the molecule is O=C(O)c1cn2c(=O)cc(C=Cc3ccccc3)nc2s1. The Kier molecular flexibility index (Phi) is 3.37. The standard InChI is InChI=1S/C15H10N2O3S/c18-13-8-11(7-6-10-4-2-1-3-5-10)16-15-17(13)9-12(21-15)14(19)20/h1-9H,(H,19,20). The zero-order chi connectivity index (χ0) is 14.8. The Hall–Kier alpha value is -2.73. The van der Waals surface area contributed by atoms with Gasteiger partial charge in [0, 0.05) is 12.3 Å². The second-order valence-electron chi connectivity index (χ2n) is 4.32.